The molecule has 1 rings (SSSR count). The maximum absolute atomic E-state index is 12.0. The van der Waals surface area contributed by atoms with Crippen molar-refractivity contribution in [3.63, 3.8) is 0 Å². The highest BCUT2D eigenvalue weighted by Crippen LogP contribution is 2.35. The Labute approximate surface area is 108 Å². The van der Waals surface area contributed by atoms with Crippen molar-refractivity contribution < 1.29 is 15.0 Å². The molecule has 0 fully saturated rings. The van der Waals surface area contributed by atoms with Crippen LogP contribution in [0.1, 0.15) is 62.9 Å². The van der Waals surface area contributed by atoms with Crippen LogP contribution in [0.2, 0.25) is 0 Å². The van der Waals surface area contributed by atoms with Crippen LogP contribution in [0.15, 0.2) is 12.1 Å². The van der Waals surface area contributed by atoms with Crippen LogP contribution in [0.4, 0.5) is 0 Å². The van der Waals surface area contributed by atoms with Gasteiger partial charge in [-0.15, -0.1) is 0 Å². The third-order valence-electron chi connectivity index (χ3n) is 2.98. The van der Waals surface area contributed by atoms with Crippen molar-refractivity contribution in [3.05, 3.63) is 23.3 Å². The highest BCUT2D eigenvalue weighted by Gasteiger charge is 2.22. The Kier molecular flexibility index (Phi) is 4.38. The van der Waals surface area contributed by atoms with Gasteiger partial charge in [-0.2, -0.15) is 0 Å². The number of carbonyl (C=O) groups excluding carboxylic acids is 1. The van der Waals surface area contributed by atoms with Crippen molar-refractivity contribution in [2.45, 2.75) is 52.4 Å². The van der Waals surface area contributed by atoms with E-state index in [0.717, 1.165) is 12.8 Å². The Hall–Kier alpha value is -1.51. The smallest absolute Gasteiger partial charge is 0.166 e. The molecule has 0 aromatic heterocycles. The minimum Gasteiger partial charge on any atom is -0.508 e. The van der Waals surface area contributed by atoms with Gasteiger partial charge in [0.05, 0.1) is 5.56 Å². The quantitative estimate of drug-likeness (QED) is 0.800. The third kappa shape index (κ3) is 3.25. The molecular weight excluding hydrogens is 228 g/mol. The largest absolute Gasteiger partial charge is 0.508 e. The number of Topliss-reactive ketones (excluding diaryl/α,β-unsaturated/α-hetero) is 1. The predicted octanol–water partition coefficient (Wildman–Crippen LogP) is 3.77. The first kappa shape index (κ1) is 14.6. The Morgan fingerprint density at radius 3 is 2.28 bits per heavy atom. The van der Waals surface area contributed by atoms with Crippen LogP contribution >= 0.6 is 0 Å². The third-order valence-corrected chi connectivity index (χ3v) is 2.98. The molecule has 1 aromatic rings. The van der Waals surface area contributed by atoms with Gasteiger partial charge in [-0.25, -0.2) is 0 Å². The summed E-state index contributed by atoms with van der Waals surface area (Å²) in [5.74, 6) is -0.173. The van der Waals surface area contributed by atoms with Gasteiger partial charge in [-0.3, -0.25) is 4.79 Å². The lowest BCUT2D eigenvalue weighted by Gasteiger charge is -2.21. The fourth-order valence-corrected chi connectivity index (χ4v) is 1.87. The fourth-order valence-electron chi connectivity index (χ4n) is 1.87. The van der Waals surface area contributed by atoms with E-state index in [-0.39, 0.29) is 22.7 Å². The summed E-state index contributed by atoms with van der Waals surface area (Å²) in [5.41, 5.74) is 0.726. The van der Waals surface area contributed by atoms with Gasteiger partial charge in [0, 0.05) is 18.1 Å². The number of phenolic OH excluding ortho intramolecular Hbond substituents is 2. The molecular formula is C15H22O3. The summed E-state index contributed by atoms with van der Waals surface area (Å²) in [6.45, 7) is 7.89. The summed E-state index contributed by atoms with van der Waals surface area (Å²) in [5, 5.41) is 19.6. The molecule has 18 heavy (non-hydrogen) atoms. The summed E-state index contributed by atoms with van der Waals surface area (Å²) >= 11 is 0. The molecule has 0 unspecified atom stereocenters. The molecule has 0 bridgehead atoms. The monoisotopic (exact) mass is 250 g/mol. The number of aromatic hydroxyl groups is 2. The number of hydrogen-bond donors (Lipinski definition) is 2. The number of phenols is 2. The fraction of sp³-hybridized carbons (Fsp3) is 0.533. The minimum atomic E-state index is -0.266. The van der Waals surface area contributed by atoms with Crippen LogP contribution < -0.4 is 0 Å². The number of rotatable bonds is 4. The Morgan fingerprint density at radius 2 is 1.78 bits per heavy atom. The van der Waals surface area contributed by atoms with Gasteiger partial charge in [0.25, 0.3) is 0 Å². The zero-order valence-electron chi connectivity index (χ0n) is 11.6. The maximum Gasteiger partial charge on any atom is 0.166 e. The molecule has 0 aliphatic rings. The van der Waals surface area contributed by atoms with E-state index in [1.165, 1.54) is 6.07 Å². The molecule has 0 saturated carbocycles. The van der Waals surface area contributed by atoms with E-state index in [1.54, 1.807) is 6.07 Å². The van der Waals surface area contributed by atoms with Crippen molar-refractivity contribution in [1.82, 2.24) is 0 Å². The van der Waals surface area contributed by atoms with Crippen LogP contribution in [-0.4, -0.2) is 16.0 Å². The van der Waals surface area contributed by atoms with Gasteiger partial charge in [-0.05, 0) is 17.9 Å². The van der Waals surface area contributed by atoms with Gasteiger partial charge >= 0.3 is 0 Å². The molecule has 0 aliphatic heterocycles. The molecule has 3 nitrogen and oxygen atoms in total. The van der Waals surface area contributed by atoms with Crippen molar-refractivity contribution in [2.24, 2.45) is 0 Å². The topological polar surface area (TPSA) is 57.5 Å². The molecule has 1 aromatic carbocycles. The normalized spacial score (nSPS) is 11.6. The van der Waals surface area contributed by atoms with Gasteiger partial charge in [0.15, 0.2) is 5.78 Å². The van der Waals surface area contributed by atoms with Crippen LogP contribution in [0, 0.1) is 0 Å². The summed E-state index contributed by atoms with van der Waals surface area (Å²) in [7, 11) is 0. The van der Waals surface area contributed by atoms with Crippen LogP contribution in [0.3, 0.4) is 0 Å². The Bertz CT molecular complexity index is 442. The van der Waals surface area contributed by atoms with Crippen LogP contribution in [0.25, 0.3) is 0 Å². The Balaban J connectivity index is 3.17. The second-order valence-electron chi connectivity index (χ2n) is 5.66. The average Bonchev–Trinajstić information content (AvgIpc) is 2.24. The first-order valence-corrected chi connectivity index (χ1v) is 6.37. The molecule has 0 amide bonds. The first-order chi connectivity index (χ1) is 8.27. The SMILES string of the molecule is CCCCC(=O)c1cc(C(C)(C)C)c(O)cc1O. The van der Waals surface area contributed by atoms with E-state index in [0.29, 0.717) is 17.5 Å². The molecule has 0 atom stereocenters. The van der Waals surface area contributed by atoms with Crippen molar-refractivity contribution >= 4 is 5.78 Å². The highest BCUT2D eigenvalue weighted by atomic mass is 16.3. The van der Waals surface area contributed by atoms with Crippen molar-refractivity contribution in [2.75, 3.05) is 0 Å². The molecule has 0 heterocycles. The second kappa shape index (κ2) is 5.42. The lowest BCUT2D eigenvalue weighted by molar-refractivity contribution is 0.0977. The molecule has 0 saturated heterocycles. The van der Waals surface area contributed by atoms with E-state index in [4.69, 9.17) is 0 Å². The number of carbonyl (C=O) groups is 1. The molecule has 100 valence electrons. The van der Waals surface area contributed by atoms with Gasteiger partial charge in [0.2, 0.25) is 0 Å². The van der Waals surface area contributed by atoms with Crippen molar-refractivity contribution in [3.8, 4) is 11.5 Å². The van der Waals surface area contributed by atoms with Crippen LogP contribution in [0.5, 0.6) is 11.5 Å². The number of unbranched alkanes of at least 4 members (excludes halogenated alkanes) is 1. The lowest BCUT2D eigenvalue weighted by Crippen LogP contribution is -2.13. The average molecular weight is 250 g/mol. The molecule has 2 N–H and O–H groups in total. The summed E-state index contributed by atoms with van der Waals surface area (Å²) < 4.78 is 0. The number of hydrogen-bond acceptors (Lipinski definition) is 3. The van der Waals surface area contributed by atoms with E-state index < -0.39 is 0 Å². The minimum absolute atomic E-state index is 0.0343. The number of ketones is 1. The first-order valence-electron chi connectivity index (χ1n) is 6.37. The summed E-state index contributed by atoms with van der Waals surface area (Å²) in [6.07, 6.45) is 2.18. The van der Waals surface area contributed by atoms with Gasteiger partial charge < -0.3 is 10.2 Å². The van der Waals surface area contributed by atoms with Gasteiger partial charge in [-0.1, -0.05) is 34.1 Å². The van der Waals surface area contributed by atoms with E-state index in [1.807, 2.05) is 27.7 Å². The molecule has 0 spiro atoms. The van der Waals surface area contributed by atoms with E-state index in [2.05, 4.69) is 0 Å². The number of benzene rings is 1. The second-order valence-corrected chi connectivity index (χ2v) is 5.66. The standard InChI is InChI=1S/C15H22O3/c1-5-6-7-12(16)10-8-11(15(2,3)4)14(18)9-13(10)17/h8-9,17-18H,5-7H2,1-4H3. The lowest BCUT2D eigenvalue weighted by atomic mass is 9.84. The highest BCUT2D eigenvalue weighted by molar-refractivity contribution is 5.99. The van der Waals surface area contributed by atoms with Gasteiger partial charge in [0.1, 0.15) is 11.5 Å². The molecule has 3 heteroatoms. The summed E-state index contributed by atoms with van der Waals surface area (Å²) in [4.78, 5) is 12.0. The maximum atomic E-state index is 12.0. The zero-order valence-corrected chi connectivity index (χ0v) is 11.6. The van der Waals surface area contributed by atoms with Crippen molar-refractivity contribution in [1.29, 1.82) is 0 Å². The Morgan fingerprint density at radius 1 is 1.17 bits per heavy atom. The van der Waals surface area contributed by atoms with E-state index >= 15 is 0 Å². The zero-order chi connectivity index (χ0) is 13.9. The van der Waals surface area contributed by atoms with Crippen LogP contribution in [-0.2, 0) is 5.41 Å². The van der Waals surface area contributed by atoms with E-state index in [9.17, 15) is 15.0 Å². The molecule has 0 aliphatic carbocycles. The summed E-state index contributed by atoms with van der Waals surface area (Å²) in [6, 6.07) is 2.88. The molecule has 0 radical (unpaired) electrons. The predicted molar refractivity (Wildman–Crippen MR) is 72.3 cm³/mol.